The summed E-state index contributed by atoms with van der Waals surface area (Å²) in [5.41, 5.74) is 0. The van der Waals surface area contributed by atoms with Crippen LogP contribution in [0.4, 0.5) is 0 Å². The molecule has 2 heteroatoms. The predicted molar refractivity (Wildman–Crippen MR) is 55.0 cm³/mol. The molecule has 0 saturated carbocycles. The van der Waals surface area contributed by atoms with E-state index in [4.69, 9.17) is 9.84 Å². The first kappa shape index (κ1) is 12.0. The summed E-state index contributed by atoms with van der Waals surface area (Å²) in [5, 5.41) is 7.00. The Balaban J connectivity index is 0.000000671. The topological polar surface area (TPSA) is 29.5 Å². The molecule has 0 fully saturated rings. The van der Waals surface area contributed by atoms with E-state index in [-0.39, 0.29) is 0 Å². The van der Waals surface area contributed by atoms with Crippen LogP contribution in [0.2, 0.25) is 0 Å². The van der Waals surface area contributed by atoms with E-state index in [1.165, 1.54) is 6.42 Å². The number of benzene rings is 1. The minimum Gasteiger partial charge on any atom is -0.494 e. The summed E-state index contributed by atoms with van der Waals surface area (Å²) < 4.78 is 5.45. The maximum Gasteiger partial charge on any atom is 0.119 e. The van der Waals surface area contributed by atoms with Gasteiger partial charge in [-0.1, -0.05) is 31.5 Å². The van der Waals surface area contributed by atoms with Crippen LogP contribution in [0, 0.1) is 0 Å². The number of rotatable bonds is 4. The van der Waals surface area contributed by atoms with Gasteiger partial charge in [-0.2, -0.15) is 0 Å². The fourth-order valence-corrected chi connectivity index (χ4v) is 0.851. The molecule has 0 aliphatic heterocycles. The van der Waals surface area contributed by atoms with Crippen LogP contribution in [0.25, 0.3) is 0 Å². The molecule has 13 heavy (non-hydrogen) atoms. The smallest absolute Gasteiger partial charge is 0.119 e. The summed E-state index contributed by atoms with van der Waals surface area (Å²) in [6, 6.07) is 9.93. The Morgan fingerprint density at radius 1 is 1.15 bits per heavy atom. The fourth-order valence-electron chi connectivity index (χ4n) is 0.851. The Bertz CT molecular complexity index is 185. The van der Waals surface area contributed by atoms with Gasteiger partial charge in [0.1, 0.15) is 5.75 Å². The molecular weight excluding hydrogens is 164 g/mol. The van der Waals surface area contributed by atoms with E-state index in [0.717, 1.165) is 25.9 Å². The Morgan fingerprint density at radius 2 is 1.77 bits per heavy atom. The molecular formula is C11H18O2. The lowest BCUT2D eigenvalue weighted by Crippen LogP contribution is -1.95. The van der Waals surface area contributed by atoms with Crippen molar-refractivity contribution in [3.8, 4) is 5.75 Å². The van der Waals surface area contributed by atoms with Gasteiger partial charge in [0.15, 0.2) is 0 Å². The normalized spacial score (nSPS) is 8.54. The number of aliphatic hydroxyl groups is 1. The van der Waals surface area contributed by atoms with E-state index in [1.54, 1.807) is 0 Å². The maximum absolute atomic E-state index is 7.00. The molecule has 0 aromatic heterocycles. The first-order valence-corrected chi connectivity index (χ1v) is 4.56. The number of ether oxygens (including phenoxy) is 1. The Labute approximate surface area is 80.2 Å². The Kier molecular flexibility index (Phi) is 8.36. The molecule has 0 atom stereocenters. The van der Waals surface area contributed by atoms with Crippen molar-refractivity contribution in [3.05, 3.63) is 30.3 Å². The van der Waals surface area contributed by atoms with Gasteiger partial charge in [-0.3, -0.25) is 0 Å². The van der Waals surface area contributed by atoms with Crippen LogP contribution >= 0.6 is 0 Å². The van der Waals surface area contributed by atoms with Gasteiger partial charge < -0.3 is 9.84 Å². The van der Waals surface area contributed by atoms with Gasteiger partial charge in [-0.15, -0.1) is 0 Å². The van der Waals surface area contributed by atoms with Gasteiger partial charge in [0.25, 0.3) is 0 Å². The van der Waals surface area contributed by atoms with Crippen molar-refractivity contribution in [1.82, 2.24) is 0 Å². The molecule has 1 aromatic carbocycles. The summed E-state index contributed by atoms with van der Waals surface area (Å²) in [4.78, 5) is 0. The molecule has 1 rings (SSSR count). The highest BCUT2D eigenvalue weighted by molar-refractivity contribution is 5.20. The minimum atomic E-state index is 0.834. The molecule has 0 radical (unpaired) electrons. The van der Waals surface area contributed by atoms with E-state index < -0.39 is 0 Å². The van der Waals surface area contributed by atoms with Gasteiger partial charge in [-0.05, 0) is 18.6 Å². The second-order valence-electron chi connectivity index (χ2n) is 2.52. The standard InChI is InChI=1S/C10H14O.CH4O/c1-2-3-9-11-10-7-5-4-6-8-10;1-2/h4-8H,2-3,9H2,1H3;2H,1H3. The molecule has 74 valence electrons. The van der Waals surface area contributed by atoms with Gasteiger partial charge in [0.2, 0.25) is 0 Å². The fraction of sp³-hybridized carbons (Fsp3) is 0.455. The predicted octanol–water partition coefficient (Wildman–Crippen LogP) is 2.47. The third kappa shape index (κ3) is 6.17. The van der Waals surface area contributed by atoms with E-state index in [0.29, 0.717) is 0 Å². The summed E-state index contributed by atoms with van der Waals surface area (Å²) in [5.74, 6) is 0.973. The van der Waals surface area contributed by atoms with E-state index in [1.807, 2.05) is 30.3 Å². The van der Waals surface area contributed by atoms with Gasteiger partial charge in [0, 0.05) is 7.11 Å². The number of hydrogen-bond acceptors (Lipinski definition) is 2. The molecule has 0 saturated heterocycles. The molecule has 1 N–H and O–H groups in total. The lowest BCUT2D eigenvalue weighted by molar-refractivity contribution is 0.309. The zero-order chi connectivity index (χ0) is 9.94. The molecule has 0 heterocycles. The van der Waals surface area contributed by atoms with Crippen molar-refractivity contribution in [3.63, 3.8) is 0 Å². The summed E-state index contributed by atoms with van der Waals surface area (Å²) >= 11 is 0. The average Bonchev–Trinajstić information content (AvgIpc) is 2.23. The quantitative estimate of drug-likeness (QED) is 0.725. The van der Waals surface area contributed by atoms with Crippen LogP contribution in [0.3, 0.4) is 0 Å². The summed E-state index contributed by atoms with van der Waals surface area (Å²) in [6.07, 6.45) is 2.32. The zero-order valence-corrected chi connectivity index (χ0v) is 8.36. The monoisotopic (exact) mass is 182 g/mol. The van der Waals surface area contributed by atoms with Crippen LogP contribution in [0.15, 0.2) is 30.3 Å². The SMILES string of the molecule is CCCCOc1ccccc1.CO. The number of para-hydroxylation sites is 1. The highest BCUT2D eigenvalue weighted by atomic mass is 16.5. The average molecular weight is 182 g/mol. The van der Waals surface area contributed by atoms with Gasteiger partial charge in [0.05, 0.1) is 6.61 Å². The molecule has 1 aromatic rings. The molecule has 0 aliphatic rings. The Morgan fingerprint density at radius 3 is 2.31 bits per heavy atom. The van der Waals surface area contributed by atoms with Gasteiger partial charge in [-0.25, -0.2) is 0 Å². The number of unbranched alkanes of at least 4 members (excludes halogenated alkanes) is 1. The molecule has 0 amide bonds. The third-order valence-corrected chi connectivity index (χ3v) is 1.51. The van der Waals surface area contributed by atoms with Crippen molar-refractivity contribution in [2.24, 2.45) is 0 Å². The lowest BCUT2D eigenvalue weighted by atomic mass is 10.3. The van der Waals surface area contributed by atoms with Crippen LogP contribution in [0.1, 0.15) is 19.8 Å². The molecule has 0 aliphatic carbocycles. The second-order valence-corrected chi connectivity index (χ2v) is 2.52. The Hall–Kier alpha value is -1.02. The molecule has 0 bridgehead atoms. The molecule has 2 nitrogen and oxygen atoms in total. The minimum absolute atomic E-state index is 0.834. The van der Waals surface area contributed by atoms with Gasteiger partial charge >= 0.3 is 0 Å². The third-order valence-electron chi connectivity index (χ3n) is 1.51. The highest BCUT2D eigenvalue weighted by Crippen LogP contribution is 2.08. The van der Waals surface area contributed by atoms with E-state index in [2.05, 4.69) is 6.92 Å². The van der Waals surface area contributed by atoms with Crippen molar-refractivity contribution >= 4 is 0 Å². The summed E-state index contributed by atoms with van der Waals surface area (Å²) in [7, 11) is 1.00. The molecule has 0 spiro atoms. The van der Waals surface area contributed by atoms with Crippen LogP contribution in [-0.2, 0) is 0 Å². The van der Waals surface area contributed by atoms with Crippen molar-refractivity contribution in [2.45, 2.75) is 19.8 Å². The van der Waals surface area contributed by atoms with Crippen LogP contribution < -0.4 is 4.74 Å². The number of hydrogen-bond donors (Lipinski definition) is 1. The maximum atomic E-state index is 7.00. The van der Waals surface area contributed by atoms with Crippen molar-refractivity contribution in [1.29, 1.82) is 0 Å². The van der Waals surface area contributed by atoms with Crippen LogP contribution in [-0.4, -0.2) is 18.8 Å². The summed E-state index contributed by atoms with van der Waals surface area (Å²) in [6.45, 7) is 2.99. The van der Waals surface area contributed by atoms with Crippen molar-refractivity contribution in [2.75, 3.05) is 13.7 Å². The largest absolute Gasteiger partial charge is 0.494 e. The highest BCUT2D eigenvalue weighted by Gasteiger charge is 1.88. The van der Waals surface area contributed by atoms with E-state index >= 15 is 0 Å². The van der Waals surface area contributed by atoms with Crippen LogP contribution in [0.5, 0.6) is 5.75 Å². The number of aliphatic hydroxyl groups excluding tert-OH is 1. The lowest BCUT2D eigenvalue weighted by Gasteiger charge is -2.03. The second kappa shape index (κ2) is 9.07. The van der Waals surface area contributed by atoms with E-state index in [9.17, 15) is 0 Å². The zero-order valence-electron chi connectivity index (χ0n) is 8.36. The molecule has 0 unspecified atom stereocenters. The first-order chi connectivity index (χ1) is 6.43. The van der Waals surface area contributed by atoms with Crippen molar-refractivity contribution < 1.29 is 9.84 Å². The first-order valence-electron chi connectivity index (χ1n) is 4.56.